The van der Waals surface area contributed by atoms with Gasteiger partial charge in [-0.05, 0) is 23.6 Å². The third kappa shape index (κ3) is 2.34. The Bertz CT molecular complexity index is 506. The van der Waals surface area contributed by atoms with Crippen molar-refractivity contribution in [2.75, 3.05) is 11.4 Å². The molecule has 1 aromatic heterocycles. The van der Waals surface area contributed by atoms with E-state index < -0.39 is 11.7 Å². The Morgan fingerprint density at radius 1 is 1.41 bits per heavy atom. The van der Waals surface area contributed by atoms with Crippen LogP contribution in [0.1, 0.15) is 0 Å². The molecular formula is C11H7F3N2S. The topological polar surface area (TPSA) is 27.0 Å². The summed E-state index contributed by atoms with van der Waals surface area (Å²) >= 11 is 1.41. The van der Waals surface area contributed by atoms with Gasteiger partial charge in [0.25, 0.3) is 0 Å². The van der Waals surface area contributed by atoms with Crippen LogP contribution in [0.2, 0.25) is 0 Å². The van der Waals surface area contributed by atoms with E-state index in [1.54, 1.807) is 17.0 Å². The molecule has 0 aromatic carbocycles. The molecule has 1 aromatic rings. The van der Waals surface area contributed by atoms with Gasteiger partial charge in [-0.2, -0.15) is 18.4 Å². The van der Waals surface area contributed by atoms with Crippen molar-refractivity contribution >= 4 is 16.3 Å². The van der Waals surface area contributed by atoms with Gasteiger partial charge in [-0.1, -0.05) is 0 Å². The normalized spacial score (nSPS) is 16.2. The fourth-order valence-electron chi connectivity index (χ4n) is 1.52. The highest BCUT2D eigenvalue weighted by atomic mass is 32.1. The van der Waals surface area contributed by atoms with Crippen LogP contribution in [0.25, 0.3) is 0 Å². The maximum Gasteiger partial charge on any atom is 0.417 e. The van der Waals surface area contributed by atoms with E-state index in [1.165, 1.54) is 17.5 Å². The fourth-order valence-corrected chi connectivity index (χ4v) is 2.23. The monoisotopic (exact) mass is 256 g/mol. The summed E-state index contributed by atoms with van der Waals surface area (Å²) in [5, 5.41) is 11.4. The van der Waals surface area contributed by atoms with Crippen LogP contribution in [-0.4, -0.2) is 12.7 Å². The van der Waals surface area contributed by atoms with Gasteiger partial charge in [-0.3, -0.25) is 0 Å². The van der Waals surface area contributed by atoms with E-state index in [2.05, 4.69) is 0 Å². The molecule has 0 saturated heterocycles. The average molecular weight is 256 g/mol. The summed E-state index contributed by atoms with van der Waals surface area (Å²) in [4.78, 5) is 1.62. The molecule has 2 rings (SSSR count). The molecule has 0 unspecified atom stereocenters. The number of thiophene rings is 1. The lowest BCUT2D eigenvalue weighted by Gasteiger charge is -2.24. The molecule has 0 saturated carbocycles. The third-order valence-corrected chi connectivity index (χ3v) is 3.21. The number of anilines is 1. The Kier molecular flexibility index (Phi) is 2.94. The molecule has 1 aliphatic rings. The molecule has 17 heavy (non-hydrogen) atoms. The first-order chi connectivity index (χ1) is 8.02. The zero-order valence-corrected chi connectivity index (χ0v) is 9.35. The van der Waals surface area contributed by atoms with Crippen molar-refractivity contribution in [1.82, 2.24) is 0 Å². The van der Waals surface area contributed by atoms with Crippen molar-refractivity contribution in [2.24, 2.45) is 0 Å². The number of nitrogens with zero attached hydrogens (tertiary/aromatic N) is 2. The Balaban J connectivity index is 2.30. The fraction of sp³-hybridized carbons (Fsp3) is 0.182. The van der Waals surface area contributed by atoms with Crippen LogP contribution in [0.15, 0.2) is 40.9 Å². The molecule has 6 heteroatoms. The Morgan fingerprint density at radius 2 is 2.18 bits per heavy atom. The number of rotatable bonds is 1. The zero-order chi connectivity index (χ0) is 12.5. The average Bonchev–Trinajstić information content (AvgIpc) is 2.80. The number of hydrogen-bond acceptors (Lipinski definition) is 3. The maximum absolute atomic E-state index is 12.6. The van der Waals surface area contributed by atoms with Crippen LogP contribution < -0.4 is 4.90 Å². The van der Waals surface area contributed by atoms with Gasteiger partial charge in [0.15, 0.2) is 0 Å². The summed E-state index contributed by atoms with van der Waals surface area (Å²) in [6.07, 6.45) is -2.17. The van der Waals surface area contributed by atoms with Crippen LogP contribution in [-0.2, 0) is 0 Å². The lowest BCUT2D eigenvalue weighted by molar-refractivity contribution is -0.0889. The van der Waals surface area contributed by atoms with Gasteiger partial charge in [-0.15, -0.1) is 11.3 Å². The van der Waals surface area contributed by atoms with Crippen LogP contribution >= 0.6 is 11.3 Å². The number of allylic oxidation sites excluding steroid dienone is 2. The minimum absolute atomic E-state index is 0.0393. The molecule has 0 bridgehead atoms. The highest BCUT2D eigenvalue weighted by molar-refractivity contribution is 7.14. The summed E-state index contributed by atoms with van der Waals surface area (Å²) in [6, 6.07) is 5.23. The summed E-state index contributed by atoms with van der Waals surface area (Å²) in [5.74, 6) is 0. The molecule has 0 N–H and O–H groups in total. The molecule has 0 radical (unpaired) electrons. The smallest absolute Gasteiger partial charge is 0.335 e. The van der Waals surface area contributed by atoms with E-state index in [9.17, 15) is 13.2 Å². The molecule has 1 aliphatic heterocycles. The van der Waals surface area contributed by atoms with Crippen LogP contribution in [0.5, 0.6) is 0 Å². The van der Waals surface area contributed by atoms with E-state index in [0.717, 1.165) is 11.1 Å². The summed E-state index contributed by atoms with van der Waals surface area (Å²) in [5.41, 5.74) is -1.11. The molecule has 0 fully saturated rings. The second-order valence-corrected chi connectivity index (χ2v) is 4.32. The molecule has 0 aliphatic carbocycles. The number of hydrogen-bond donors (Lipinski definition) is 0. The van der Waals surface area contributed by atoms with Crippen LogP contribution in [0.3, 0.4) is 0 Å². The maximum atomic E-state index is 12.6. The van der Waals surface area contributed by atoms with Gasteiger partial charge in [0.1, 0.15) is 0 Å². The van der Waals surface area contributed by atoms with Crippen molar-refractivity contribution in [3.8, 4) is 6.07 Å². The van der Waals surface area contributed by atoms with E-state index in [1.807, 2.05) is 11.4 Å². The largest absolute Gasteiger partial charge is 0.417 e. The van der Waals surface area contributed by atoms with E-state index in [0.29, 0.717) is 0 Å². The first-order valence-corrected chi connectivity index (χ1v) is 5.59. The van der Waals surface area contributed by atoms with Gasteiger partial charge in [0.2, 0.25) is 0 Å². The standard InChI is InChI=1S/C11H7F3N2S/c12-11(13,14)9-3-4-16(7-8(9)6-15)10-2-1-5-17-10/h1-5H,7H2. The lowest BCUT2D eigenvalue weighted by atomic mass is 10.1. The minimum atomic E-state index is -4.47. The Labute approximate surface area is 99.9 Å². The summed E-state index contributed by atoms with van der Waals surface area (Å²) in [7, 11) is 0. The molecule has 0 atom stereocenters. The first kappa shape index (κ1) is 11.7. The predicted molar refractivity (Wildman–Crippen MR) is 59.5 cm³/mol. The Morgan fingerprint density at radius 3 is 2.71 bits per heavy atom. The van der Waals surface area contributed by atoms with E-state index >= 15 is 0 Å². The van der Waals surface area contributed by atoms with Gasteiger partial charge >= 0.3 is 6.18 Å². The van der Waals surface area contributed by atoms with Gasteiger partial charge in [0.05, 0.1) is 28.8 Å². The van der Waals surface area contributed by atoms with Crippen molar-refractivity contribution in [2.45, 2.75) is 6.18 Å². The molecular weight excluding hydrogens is 249 g/mol. The van der Waals surface area contributed by atoms with Gasteiger partial charge in [0, 0.05) is 6.20 Å². The Hall–Kier alpha value is -1.74. The highest BCUT2D eigenvalue weighted by Crippen LogP contribution is 2.33. The third-order valence-electron chi connectivity index (χ3n) is 2.30. The van der Waals surface area contributed by atoms with Crippen molar-refractivity contribution < 1.29 is 13.2 Å². The van der Waals surface area contributed by atoms with Crippen molar-refractivity contribution in [3.63, 3.8) is 0 Å². The van der Waals surface area contributed by atoms with Crippen molar-refractivity contribution in [3.05, 3.63) is 40.9 Å². The summed E-state index contributed by atoms with van der Waals surface area (Å²) in [6.45, 7) is -0.0393. The minimum Gasteiger partial charge on any atom is -0.335 e. The van der Waals surface area contributed by atoms with Gasteiger partial charge < -0.3 is 4.90 Å². The quantitative estimate of drug-likeness (QED) is 0.769. The van der Waals surface area contributed by atoms with E-state index in [-0.39, 0.29) is 12.1 Å². The number of nitriles is 1. The first-order valence-electron chi connectivity index (χ1n) is 4.71. The zero-order valence-electron chi connectivity index (χ0n) is 8.53. The molecule has 2 heterocycles. The van der Waals surface area contributed by atoms with E-state index in [4.69, 9.17) is 5.26 Å². The van der Waals surface area contributed by atoms with Crippen molar-refractivity contribution in [1.29, 1.82) is 5.26 Å². The van der Waals surface area contributed by atoms with Crippen LogP contribution in [0, 0.1) is 11.3 Å². The highest BCUT2D eigenvalue weighted by Gasteiger charge is 2.36. The summed E-state index contributed by atoms with van der Waals surface area (Å²) < 4.78 is 37.7. The number of halogens is 3. The van der Waals surface area contributed by atoms with Gasteiger partial charge in [-0.25, -0.2) is 0 Å². The molecule has 0 amide bonds. The molecule has 88 valence electrons. The second-order valence-electron chi connectivity index (χ2n) is 3.40. The number of alkyl halides is 3. The second kappa shape index (κ2) is 4.26. The molecule has 2 nitrogen and oxygen atoms in total. The SMILES string of the molecule is N#CC1=C(C(F)(F)F)C=CN(c2cccs2)C1. The lowest BCUT2D eigenvalue weighted by Crippen LogP contribution is -2.26. The predicted octanol–water partition coefficient (Wildman–Crippen LogP) is 3.46. The van der Waals surface area contributed by atoms with Crippen LogP contribution in [0.4, 0.5) is 18.2 Å². The molecule has 0 spiro atoms.